The van der Waals surface area contributed by atoms with Gasteiger partial charge in [-0.3, -0.25) is 14.4 Å². The van der Waals surface area contributed by atoms with Crippen LogP contribution in [0.25, 0.3) is 0 Å². The average Bonchev–Trinajstić information content (AvgIpc) is 3.03. The van der Waals surface area contributed by atoms with Crippen molar-refractivity contribution in [3.8, 4) is 0 Å². The van der Waals surface area contributed by atoms with Gasteiger partial charge in [0.15, 0.2) is 0 Å². The number of carbonyl (C=O) groups excluding carboxylic acids is 3. The van der Waals surface area contributed by atoms with Crippen molar-refractivity contribution in [3.05, 3.63) is 58.7 Å². The fourth-order valence-electron chi connectivity index (χ4n) is 3.70. The van der Waals surface area contributed by atoms with Crippen LogP contribution in [0.2, 0.25) is 0 Å². The van der Waals surface area contributed by atoms with Crippen LogP contribution in [-0.2, 0) is 14.4 Å². The summed E-state index contributed by atoms with van der Waals surface area (Å²) >= 11 is 0. The molecule has 2 aromatic rings. The Balaban J connectivity index is 1.58. The normalized spacial score (nSPS) is 16.0. The zero-order valence-corrected chi connectivity index (χ0v) is 17.0. The van der Waals surface area contributed by atoms with Crippen LogP contribution in [-0.4, -0.2) is 30.8 Å². The molecule has 1 aliphatic heterocycles. The van der Waals surface area contributed by atoms with Gasteiger partial charge in [-0.1, -0.05) is 17.7 Å². The minimum absolute atomic E-state index is 0.00857. The van der Waals surface area contributed by atoms with Gasteiger partial charge in [0.1, 0.15) is 11.6 Å². The Kier molecular flexibility index (Phi) is 6.14. The maximum atomic E-state index is 13.4. The third kappa shape index (κ3) is 4.82. The maximum Gasteiger partial charge on any atom is 0.243 e. The number of amides is 3. The number of hydrogen-bond donors (Lipinski definition) is 2. The molecule has 2 N–H and O–H groups in total. The van der Waals surface area contributed by atoms with E-state index in [1.54, 1.807) is 0 Å². The van der Waals surface area contributed by atoms with Crippen LogP contribution in [0.4, 0.5) is 20.2 Å². The minimum atomic E-state index is -0.802. The Morgan fingerprint density at radius 2 is 1.63 bits per heavy atom. The van der Waals surface area contributed by atoms with E-state index in [-0.39, 0.29) is 31.1 Å². The fraction of sp³-hybridized carbons (Fsp3) is 0.318. The Labute approximate surface area is 173 Å². The highest BCUT2D eigenvalue weighted by Crippen LogP contribution is 2.27. The summed E-state index contributed by atoms with van der Waals surface area (Å²) in [6.45, 7) is 5.50. The second-order valence-corrected chi connectivity index (χ2v) is 7.57. The topological polar surface area (TPSA) is 78.5 Å². The van der Waals surface area contributed by atoms with Gasteiger partial charge in [0, 0.05) is 30.4 Å². The first-order chi connectivity index (χ1) is 14.1. The van der Waals surface area contributed by atoms with Crippen molar-refractivity contribution in [2.24, 2.45) is 5.92 Å². The maximum absolute atomic E-state index is 13.4. The van der Waals surface area contributed by atoms with Gasteiger partial charge in [-0.2, -0.15) is 0 Å². The SMILES string of the molecule is Cc1cc(C)c(NC(=O)CNC(=O)C2CC(=O)N(c3cc(F)cc(F)c3)C2)c(C)c1. The third-order valence-corrected chi connectivity index (χ3v) is 5.02. The molecule has 1 aliphatic rings. The van der Waals surface area contributed by atoms with Crippen molar-refractivity contribution in [2.75, 3.05) is 23.3 Å². The molecular formula is C22H23F2N3O3. The molecule has 3 rings (SSSR count). The number of anilines is 2. The molecule has 0 bridgehead atoms. The van der Waals surface area contributed by atoms with Crippen molar-refractivity contribution in [3.63, 3.8) is 0 Å². The predicted octanol–water partition coefficient (Wildman–Crippen LogP) is 3.00. The van der Waals surface area contributed by atoms with Crippen LogP contribution in [0, 0.1) is 38.3 Å². The molecule has 0 spiro atoms. The van der Waals surface area contributed by atoms with Crippen molar-refractivity contribution in [1.29, 1.82) is 0 Å². The van der Waals surface area contributed by atoms with Gasteiger partial charge < -0.3 is 15.5 Å². The van der Waals surface area contributed by atoms with E-state index in [4.69, 9.17) is 0 Å². The van der Waals surface area contributed by atoms with Gasteiger partial charge in [-0.25, -0.2) is 8.78 Å². The molecule has 2 aromatic carbocycles. The van der Waals surface area contributed by atoms with Crippen LogP contribution >= 0.6 is 0 Å². The van der Waals surface area contributed by atoms with Crippen LogP contribution in [0.15, 0.2) is 30.3 Å². The first kappa shape index (κ1) is 21.4. The lowest BCUT2D eigenvalue weighted by Crippen LogP contribution is -2.38. The van der Waals surface area contributed by atoms with Crippen molar-refractivity contribution < 1.29 is 23.2 Å². The molecule has 3 amide bonds. The lowest BCUT2D eigenvalue weighted by Gasteiger charge is -2.17. The van der Waals surface area contributed by atoms with Crippen LogP contribution in [0.5, 0.6) is 0 Å². The number of hydrogen-bond acceptors (Lipinski definition) is 3. The molecule has 0 radical (unpaired) electrons. The zero-order chi connectivity index (χ0) is 22.0. The number of halogens is 2. The Hall–Kier alpha value is -3.29. The van der Waals surface area contributed by atoms with Crippen LogP contribution < -0.4 is 15.5 Å². The van der Waals surface area contributed by atoms with Crippen molar-refractivity contribution in [2.45, 2.75) is 27.2 Å². The summed E-state index contributed by atoms with van der Waals surface area (Å²) < 4.78 is 26.9. The van der Waals surface area contributed by atoms with E-state index < -0.39 is 29.4 Å². The quantitative estimate of drug-likeness (QED) is 0.788. The van der Waals surface area contributed by atoms with E-state index in [1.165, 1.54) is 4.90 Å². The number of benzene rings is 2. The van der Waals surface area contributed by atoms with E-state index in [1.807, 2.05) is 32.9 Å². The molecule has 0 aromatic heterocycles. The summed E-state index contributed by atoms with van der Waals surface area (Å²) in [7, 11) is 0. The molecule has 158 valence electrons. The molecule has 1 heterocycles. The summed E-state index contributed by atoms with van der Waals surface area (Å²) in [6.07, 6.45) is -0.0955. The molecule has 0 saturated carbocycles. The molecule has 0 aliphatic carbocycles. The zero-order valence-electron chi connectivity index (χ0n) is 17.0. The summed E-state index contributed by atoms with van der Waals surface area (Å²) in [5.41, 5.74) is 3.70. The van der Waals surface area contributed by atoms with E-state index in [9.17, 15) is 23.2 Å². The molecule has 30 heavy (non-hydrogen) atoms. The number of nitrogens with zero attached hydrogens (tertiary/aromatic N) is 1. The van der Waals surface area contributed by atoms with Gasteiger partial charge in [-0.05, 0) is 44.0 Å². The smallest absolute Gasteiger partial charge is 0.243 e. The first-order valence-electron chi connectivity index (χ1n) is 9.56. The molecular weight excluding hydrogens is 392 g/mol. The monoisotopic (exact) mass is 415 g/mol. The number of aryl methyl sites for hydroxylation is 3. The number of rotatable bonds is 5. The van der Waals surface area contributed by atoms with Gasteiger partial charge in [0.25, 0.3) is 0 Å². The highest BCUT2D eigenvalue weighted by Gasteiger charge is 2.35. The van der Waals surface area contributed by atoms with Crippen LogP contribution in [0.1, 0.15) is 23.1 Å². The summed E-state index contributed by atoms with van der Waals surface area (Å²) in [6, 6.07) is 6.70. The van der Waals surface area contributed by atoms with Crippen molar-refractivity contribution >= 4 is 29.1 Å². The van der Waals surface area contributed by atoms with Crippen LogP contribution in [0.3, 0.4) is 0 Å². The van der Waals surface area contributed by atoms with Crippen molar-refractivity contribution in [1.82, 2.24) is 5.32 Å². The highest BCUT2D eigenvalue weighted by molar-refractivity contribution is 6.01. The van der Waals surface area contributed by atoms with E-state index in [2.05, 4.69) is 10.6 Å². The minimum Gasteiger partial charge on any atom is -0.347 e. The summed E-state index contributed by atoms with van der Waals surface area (Å²) in [5.74, 6) is -3.56. The van der Waals surface area contributed by atoms with Gasteiger partial charge in [0.2, 0.25) is 17.7 Å². The summed E-state index contributed by atoms with van der Waals surface area (Å²) in [5, 5.41) is 5.33. The van der Waals surface area contributed by atoms with Gasteiger partial charge in [0.05, 0.1) is 12.5 Å². The molecule has 6 nitrogen and oxygen atoms in total. The second kappa shape index (κ2) is 8.61. The second-order valence-electron chi connectivity index (χ2n) is 7.57. The largest absolute Gasteiger partial charge is 0.347 e. The number of nitrogens with one attached hydrogen (secondary N) is 2. The van der Waals surface area contributed by atoms with Gasteiger partial charge >= 0.3 is 0 Å². The Bertz CT molecular complexity index is 979. The molecule has 1 unspecified atom stereocenters. The lowest BCUT2D eigenvalue weighted by molar-refractivity contribution is -0.127. The standard InChI is InChI=1S/C22H23F2N3O3/c1-12-4-13(2)21(14(3)5-12)26-19(28)10-25-22(30)15-6-20(29)27(11-15)18-8-16(23)7-17(24)9-18/h4-5,7-9,15H,6,10-11H2,1-3H3,(H,25,30)(H,26,28). The summed E-state index contributed by atoms with van der Waals surface area (Å²) in [4.78, 5) is 38.1. The lowest BCUT2D eigenvalue weighted by atomic mass is 10.1. The third-order valence-electron chi connectivity index (χ3n) is 5.02. The Morgan fingerprint density at radius 1 is 1.03 bits per heavy atom. The molecule has 8 heteroatoms. The Morgan fingerprint density at radius 3 is 2.23 bits per heavy atom. The molecule has 1 fully saturated rings. The predicted molar refractivity (Wildman–Crippen MR) is 109 cm³/mol. The van der Waals surface area contributed by atoms with Gasteiger partial charge in [-0.15, -0.1) is 0 Å². The first-order valence-corrected chi connectivity index (χ1v) is 9.56. The molecule has 1 atom stereocenters. The highest BCUT2D eigenvalue weighted by atomic mass is 19.1. The fourth-order valence-corrected chi connectivity index (χ4v) is 3.70. The number of carbonyl (C=O) groups is 3. The average molecular weight is 415 g/mol. The molecule has 1 saturated heterocycles. The van der Waals surface area contributed by atoms with E-state index in [0.717, 1.165) is 28.8 Å². The van der Waals surface area contributed by atoms with E-state index >= 15 is 0 Å². The van der Waals surface area contributed by atoms with E-state index in [0.29, 0.717) is 11.8 Å².